The Balaban J connectivity index is 1.96. The predicted octanol–water partition coefficient (Wildman–Crippen LogP) is 2.06. The molecule has 1 aliphatic heterocycles. The van der Waals surface area contributed by atoms with Gasteiger partial charge in [0.15, 0.2) is 0 Å². The number of carbonyl (C=O) groups excluding carboxylic acids is 1. The van der Waals surface area contributed by atoms with E-state index in [1.165, 1.54) is 13.1 Å². The number of nitrogens with one attached hydrogen (secondary N) is 1. The molecular formula is C15H19N3O3S2. The molecule has 0 fully saturated rings. The highest BCUT2D eigenvalue weighted by Crippen LogP contribution is 2.34. The molecule has 1 atom stereocenters. The van der Waals surface area contributed by atoms with Crippen LogP contribution in [-0.4, -0.2) is 36.8 Å². The zero-order valence-corrected chi connectivity index (χ0v) is 14.7. The highest BCUT2D eigenvalue weighted by Gasteiger charge is 2.36. The predicted molar refractivity (Wildman–Crippen MR) is 89.1 cm³/mol. The topological polar surface area (TPSA) is 71.4 Å². The molecule has 0 spiro atoms. The summed E-state index contributed by atoms with van der Waals surface area (Å²) in [5.41, 5.74) is 1.02. The zero-order valence-electron chi connectivity index (χ0n) is 13.0. The Morgan fingerprint density at radius 3 is 2.91 bits per heavy atom. The Hall–Kier alpha value is -1.64. The van der Waals surface area contributed by atoms with E-state index in [1.807, 2.05) is 25.3 Å². The normalized spacial score (nSPS) is 18.6. The summed E-state index contributed by atoms with van der Waals surface area (Å²) in [6.07, 6.45) is 2.69. The zero-order chi connectivity index (χ0) is 16.6. The quantitative estimate of drug-likeness (QED) is 0.915. The number of nitrogens with zero attached hydrogens (tertiary/aromatic N) is 2. The molecule has 0 aromatic carbocycles. The van der Waals surface area contributed by atoms with Crippen LogP contribution in [0.1, 0.15) is 34.8 Å². The highest BCUT2D eigenvalue weighted by atomic mass is 32.2. The molecule has 0 radical (unpaired) electrons. The van der Waals surface area contributed by atoms with Gasteiger partial charge in [0.2, 0.25) is 10.0 Å². The van der Waals surface area contributed by atoms with Gasteiger partial charge in [0.1, 0.15) is 0 Å². The molecule has 0 aliphatic carbocycles. The van der Waals surface area contributed by atoms with Crippen molar-refractivity contribution in [2.75, 3.05) is 13.6 Å². The molecule has 2 aromatic rings. The average Bonchev–Trinajstić information content (AvgIpc) is 3.21. The van der Waals surface area contributed by atoms with Gasteiger partial charge in [-0.25, -0.2) is 8.42 Å². The SMILES string of the molecule is CC[C@@H]1c2cccn2CCN1S(=O)(=O)c1csc(C(=O)NC)c1. The molecule has 2 aromatic heterocycles. The van der Waals surface area contributed by atoms with Crippen molar-refractivity contribution in [2.24, 2.45) is 0 Å². The summed E-state index contributed by atoms with van der Waals surface area (Å²) >= 11 is 1.15. The first-order valence-corrected chi connectivity index (χ1v) is 9.78. The van der Waals surface area contributed by atoms with Gasteiger partial charge < -0.3 is 9.88 Å². The average molecular weight is 353 g/mol. The van der Waals surface area contributed by atoms with E-state index in [-0.39, 0.29) is 16.8 Å². The number of carbonyl (C=O) groups is 1. The fraction of sp³-hybridized carbons (Fsp3) is 0.400. The van der Waals surface area contributed by atoms with Crippen molar-refractivity contribution in [1.29, 1.82) is 0 Å². The molecule has 0 unspecified atom stereocenters. The number of thiophene rings is 1. The minimum atomic E-state index is -3.61. The third-order valence-electron chi connectivity index (χ3n) is 4.13. The van der Waals surface area contributed by atoms with E-state index in [0.29, 0.717) is 24.4 Å². The number of fused-ring (bicyclic) bond motifs is 1. The number of hydrogen-bond acceptors (Lipinski definition) is 4. The smallest absolute Gasteiger partial charge is 0.261 e. The van der Waals surface area contributed by atoms with E-state index < -0.39 is 10.0 Å². The van der Waals surface area contributed by atoms with Crippen LogP contribution in [0.3, 0.4) is 0 Å². The van der Waals surface area contributed by atoms with Gasteiger partial charge in [0, 0.05) is 37.4 Å². The monoisotopic (exact) mass is 353 g/mol. The van der Waals surface area contributed by atoms with Crippen LogP contribution in [0.25, 0.3) is 0 Å². The molecule has 1 aliphatic rings. The second-order valence-electron chi connectivity index (χ2n) is 5.39. The maximum atomic E-state index is 13.0. The number of amides is 1. The first-order chi connectivity index (χ1) is 11.0. The molecule has 8 heteroatoms. The Morgan fingerprint density at radius 2 is 2.22 bits per heavy atom. The fourth-order valence-electron chi connectivity index (χ4n) is 2.98. The lowest BCUT2D eigenvalue weighted by molar-refractivity contribution is 0.0967. The first-order valence-electron chi connectivity index (χ1n) is 7.46. The largest absolute Gasteiger partial charge is 0.354 e. The van der Waals surface area contributed by atoms with Crippen LogP contribution in [0, 0.1) is 0 Å². The molecule has 1 amide bonds. The van der Waals surface area contributed by atoms with E-state index in [2.05, 4.69) is 9.88 Å². The fourth-order valence-corrected chi connectivity index (χ4v) is 5.85. The summed E-state index contributed by atoms with van der Waals surface area (Å²) in [5, 5.41) is 4.06. The van der Waals surface area contributed by atoms with Crippen LogP contribution in [0.5, 0.6) is 0 Å². The first kappa shape index (κ1) is 16.2. The van der Waals surface area contributed by atoms with Crippen molar-refractivity contribution in [1.82, 2.24) is 14.2 Å². The molecule has 124 valence electrons. The van der Waals surface area contributed by atoms with E-state index in [0.717, 1.165) is 17.0 Å². The molecule has 0 saturated carbocycles. The van der Waals surface area contributed by atoms with Crippen molar-refractivity contribution >= 4 is 27.3 Å². The Bertz CT molecular complexity index is 823. The molecular weight excluding hydrogens is 334 g/mol. The Labute approximate surface area is 139 Å². The van der Waals surface area contributed by atoms with Crippen LogP contribution in [0.15, 0.2) is 34.7 Å². The lowest BCUT2D eigenvalue weighted by atomic mass is 10.1. The molecule has 3 heterocycles. The molecule has 0 saturated heterocycles. The van der Waals surface area contributed by atoms with Gasteiger partial charge in [0.25, 0.3) is 5.91 Å². The minimum Gasteiger partial charge on any atom is -0.354 e. The van der Waals surface area contributed by atoms with Crippen LogP contribution in [0.4, 0.5) is 0 Å². The third-order valence-corrected chi connectivity index (χ3v) is 7.10. The van der Waals surface area contributed by atoms with Gasteiger partial charge in [0.05, 0.1) is 15.8 Å². The van der Waals surface area contributed by atoms with Crippen molar-refractivity contribution < 1.29 is 13.2 Å². The van der Waals surface area contributed by atoms with Crippen molar-refractivity contribution in [3.05, 3.63) is 40.3 Å². The van der Waals surface area contributed by atoms with E-state index in [9.17, 15) is 13.2 Å². The maximum absolute atomic E-state index is 13.0. The van der Waals surface area contributed by atoms with Crippen LogP contribution < -0.4 is 5.32 Å². The molecule has 6 nitrogen and oxygen atoms in total. The van der Waals surface area contributed by atoms with Gasteiger partial charge in [-0.05, 0) is 24.6 Å². The lowest BCUT2D eigenvalue weighted by Crippen LogP contribution is -2.41. The minimum absolute atomic E-state index is 0.174. The van der Waals surface area contributed by atoms with Gasteiger partial charge in [-0.1, -0.05) is 6.92 Å². The number of hydrogen-bond donors (Lipinski definition) is 1. The van der Waals surface area contributed by atoms with Crippen molar-refractivity contribution in [3.8, 4) is 0 Å². The second kappa shape index (κ2) is 6.10. The summed E-state index contributed by atoms with van der Waals surface area (Å²) in [7, 11) is -2.08. The summed E-state index contributed by atoms with van der Waals surface area (Å²) in [5.74, 6) is -0.268. The molecule has 3 rings (SSSR count). The summed E-state index contributed by atoms with van der Waals surface area (Å²) in [6.45, 7) is 3.07. The van der Waals surface area contributed by atoms with Crippen LogP contribution in [0.2, 0.25) is 0 Å². The van der Waals surface area contributed by atoms with E-state index in [4.69, 9.17) is 0 Å². The molecule has 23 heavy (non-hydrogen) atoms. The standard InChI is InChI=1S/C15H19N3O3S2/c1-3-12-13-5-4-6-17(13)7-8-18(12)23(20,21)11-9-14(22-10-11)15(19)16-2/h4-6,9-10,12H,3,7-8H2,1-2H3,(H,16,19)/t12-/m1/s1. The van der Waals surface area contributed by atoms with E-state index in [1.54, 1.807) is 9.69 Å². The van der Waals surface area contributed by atoms with Crippen LogP contribution >= 0.6 is 11.3 Å². The number of rotatable bonds is 4. The van der Waals surface area contributed by atoms with Gasteiger partial charge in [-0.3, -0.25) is 4.79 Å². The van der Waals surface area contributed by atoms with Gasteiger partial charge >= 0.3 is 0 Å². The molecule has 1 N–H and O–H groups in total. The summed E-state index contributed by atoms with van der Waals surface area (Å²) in [4.78, 5) is 12.3. The number of sulfonamides is 1. The van der Waals surface area contributed by atoms with Crippen LogP contribution in [-0.2, 0) is 16.6 Å². The summed E-state index contributed by atoms with van der Waals surface area (Å²) in [6, 6.07) is 5.20. The Kier molecular flexibility index (Phi) is 4.31. The van der Waals surface area contributed by atoms with Gasteiger partial charge in [-0.2, -0.15) is 4.31 Å². The number of aromatic nitrogens is 1. The second-order valence-corrected chi connectivity index (χ2v) is 8.19. The Morgan fingerprint density at radius 1 is 1.43 bits per heavy atom. The maximum Gasteiger partial charge on any atom is 0.261 e. The van der Waals surface area contributed by atoms with Crippen molar-refractivity contribution in [3.63, 3.8) is 0 Å². The lowest BCUT2D eigenvalue weighted by Gasteiger charge is -2.35. The third kappa shape index (κ3) is 2.71. The van der Waals surface area contributed by atoms with E-state index >= 15 is 0 Å². The van der Waals surface area contributed by atoms with Crippen molar-refractivity contribution in [2.45, 2.75) is 30.8 Å². The summed E-state index contributed by atoms with van der Waals surface area (Å²) < 4.78 is 29.7. The highest BCUT2D eigenvalue weighted by molar-refractivity contribution is 7.89. The molecule has 0 bridgehead atoms. The van der Waals surface area contributed by atoms with Gasteiger partial charge in [-0.15, -0.1) is 11.3 Å².